The normalized spacial score (nSPS) is 13.5. The molecule has 0 atom stereocenters. The number of nitrogens with zero attached hydrogens (tertiary/aromatic N) is 3. The molecule has 0 amide bonds. The van der Waals surface area contributed by atoms with Gasteiger partial charge in [-0.25, -0.2) is 4.68 Å². The number of para-hydroxylation sites is 2. The van der Waals surface area contributed by atoms with Crippen LogP contribution < -0.4 is 0 Å². The SMILES string of the molecule is O=C(CSc1nn(-c2ccccc2)c(=S)s1)n1c2c(c3ccccc31)CCCC2. The summed E-state index contributed by atoms with van der Waals surface area (Å²) in [5, 5.41) is 5.84. The van der Waals surface area contributed by atoms with Crippen molar-refractivity contribution in [2.75, 3.05) is 5.75 Å². The molecule has 7 heteroatoms. The Kier molecular flexibility index (Phi) is 5.11. The molecule has 1 aliphatic carbocycles. The topological polar surface area (TPSA) is 39.8 Å². The van der Waals surface area contributed by atoms with E-state index >= 15 is 0 Å². The molecule has 1 aliphatic rings. The van der Waals surface area contributed by atoms with Crippen molar-refractivity contribution in [3.05, 3.63) is 69.8 Å². The molecule has 0 saturated carbocycles. The summed E-state index contributed by atoms with van der Waals surface area (Å²) in [6.07, 6.45) is 4.38. The van der Waals surface area contributed by atoms with Crippen molar-refractivity contribution < 1.29 is 4.79 Å². The zero-order chi connectivity index (χ0) is 19.8. The molecule has 4 nitrogen and oxygen atoms in total. The number of fused-ring (bicyclic) bond motifs is 3. The van der Waals surface area contributed by atoms with Crippen LogP contribution in [-0.4, -0.2) is 26.0 Å². The minimum absolute atomic E-state index is 0.113. The lowest BCUT2D eigenvalue weighted by molar-refractivity contribution is 0.0943. The fraction of sp³-hybridized carbons (Fsp3) is 0.227. The summed E-state index contributed by atoms with van der Waals surface area (Å²) in [5.74, 6) is 0.462. The lowest BCUT2D eigenvalue weighted by Crippen LogP contribution is -2.18. The van der Waals surface area contributed by atoms with Crippen LogP contribution >= 0.6 is 35.3 Å². The van der Waals surface area contributed by atoms with Crippen LogP contribution in [0.1, 0.15) is 28.9 Å². The largest absolute Gasteiger partial charge is 0.283 e. The lowest BCUT2D eigenvalue weighted by atomic mass is 9.96. The summed E-state index contributed by atoms with van der Waals surface area (Å²) in [4.78, 5) is 13.2. The van der Waals surface area contributed by atoms with E-state index in [0.29, 0.717) is 9.71 Å². The number of thioether (sulfide) groups is 1. The van der Waals surface area contributed by atoms with Crippen molar-refractivity contribution >= 4 is 52.1 Å². The Balaban J connectivity index is 1.42. The van der Waals surface area contributed by atoms with Crippen molar-refractivity contribution in [2.45, 2.75) is 30.0 Å². The number of hydrogen-bond acceptors (Lipinski definition) is 5. The molecule has 5 rings (SSSR count). The predicted octanol–water partition coefficient (Wildman–Crippen LogP) is 5.93. The molecule has 0 aliphatic heterocycles. The molecule has 2 heterocycles. The second-order valence-electron chi connectivity index (χ2n) is 7.05. The third-order valence-electron chi connectivity index (χ3n) is 5.28. The van der Waals surface area contributed by atoms with Gasteiger partial charge in [-0.15, -0.1) is 5.10 Å². The fourth-order valence-corrected chi connectivity index (χ4v) is 6.23. The van der Waals surface area contributed by atoms with Gasteiger partial charge in [0, 0.05) is 11.1 Å². The molecule has 4 aromatic rings. The second kappa shape index (κ2) is 7.89. The Hall–Kier alpha value is -2.22. The van der Waals surface area contributed by atoms with Gasteiger partial charge in [0.05, 0.1) is 17.0 Å². The Morgan fingerprint density at radius 1 is 1.07 bits per heavy atom. The van der Waals surface area contributed by atoms with Crippen LogP contribution in [0.15, 0.2) is 58.9 Å². The van der Waals surface area contributed by atoms with Crippen LogP contribution in [0, 0.1) is 3.95 Å². The van der Waals surface area contributed by atoms with Crippen molar-refractivity contribution in [3.63, 3.8) is 0 Å². The predicted molar refractivity (Wildman–Crippen MR) is 122 cm³/mol. The zero-order valence-electron chi connectivity index (χ0n) is 15.7. The molecule has 0 radical (unpaired) electrons. The first kappa shape index (κ1) is 18.8. The number of benzene rings is 2. The first-order valence-corrected chi connectivity index (χ1v) is 11.9. The average molecular weight is 438 g/mol. The van der Waals surface area contributed by atoms with Crippen LogP contribution in [0.2, 0.25) is 0 Å². The summed E-state index contributed by atoms with van der Waals surface area (Å²) < 4.78 is 5.22. The lowest BCUT2D eigenvalue weighted by Gasteiger charge is -2.14. The van der Waals surface area contributed by atoms with Crippen LogP contribution in [-0.2, 0) is 12.8 Å². The Bertz CT molecular complexity index is 1250. The van der Waals surface area contributed by atoms with E-state index in [4.69, 9.17) is 12.2 Å². The molecule has 2 aromatic heterocycles. The minimum Gasteiger partial charge on any atom is -0.283 e. The second-order valence-corrected chi connectivity index (χ2v) is 9.89. The maximum absolute atomic E-state index is 13.2. The average Bonchev–Trinajstić information content (AvgIpc) is 3.30. The third kappa shape index (κ3) is 3.47. The molecule has 0 saturated heterocycles. The number of rotatable bonds is 4. The molecule has 0 fully saturated rings. The molecule has 146 valence electrons. The van der Waals surface area contributed by atoms with Gasteiger partial charge < -0.3 is 0 Å². The van der Waals surface area contributed by atoms with Gasteiger partial charge in [-0.3, -0.25) is 9.36 Å². The van der Waals surface area contributed by atoms with Crippen molar-refractivity contribution in [3.8, 4) is 5.69 Å². The number of carbonyl (C=O) groups is 1. The van der Waals surface area contributed by atoms with Gasteiger partial charge in [0.2, 0.25) is 5.91 Å². The zero-order valence-corrected chi connectivity index (χ0v) is 18.2. The highest BCUT2D eigenvalue weighted by atomic mass is 32.2. The summed E-state index contributed by atoms with van der Waals surface area (Å²) in [7, 11) is 0. The summed E-state index contributed by atoms with van der Waals surface area (Å²) in [6, 6.07) is 18.1. The molecule has 2 aromatic carbocycles. The first-order chi connectivity index (χ1) is 14.2. The number of aromatic nitrogens is 3. The van der Waals surface area contributed by atoms with E-state index in [0.717, 1.165) is 34.8 Å². The highest BCUT2D eigenvalue weighted by Gasteiger charge is 2.23. The smallest absolute Gasteiger partial charge is 0.241 e. The Morgan fingerprint density at radius 3 is 2.69 bits per heavy atom. The van der Waals surface area contributed by atoms with E-state index in [2.05, 4.69) is 23.3 Å². The monoisotopic (exact) mass is 437 g/mol. The maximum atomic E-state index is 13.2. The van der Waals surface area contributed by atoms with Gasteiger partial charge in [-0.1, -0.05) is 59.5 Å². The molecule has 0 N–H and O–H groups in total. The van der Waals surface area contributed by atoms with Crippen molar-refractivity contribution in [1.82, 2.24) is 14.3 Å². The molecule has 0 bridgehead atoms. The molecule has 0 spiro atoms. The fourth-order valence-electron chi connectivity index (χ4n) is 4.02. The van der Waals surface area contributed by atoms with Gasteiger partial charge in [-0.05, 0) is 61.7 Å². The van der Waals surface area contributed by atoms with Gasteiger partial charge in [-0.2, -0.15) is 0 Å². The number of carbonyl (C=O) groups excluding carboxylic acids is 1. The van der Waals surface area contributed by atoms with E-state index in [1.54, 1.807) is 4.68 Å². The number of aryl methyl sites for hydroxylation is 1. The van der Waals surface area contributed by atoms with Crippen LogP contribution in [0.4, 0.5) is 0 Å². The third-order valence-corrected chi connectivity index (χ3v) is 7.63. The van der Waals surface area contributed by atoms with E-state index in [1.807, 2.05) is 41.0 Å². The van der Waals surface area contributed by atoms with E-state index in [-0.39, 0.29) is 5.91 Å². The van der Waals surface area contributed by atoms with Crippen molar-refractivity contribution in [1.29, 1.82) is 0 Å². The van der Waals surface area contributed by atoms with Crippen LogP contribution in [0.25, 0.3) is 16.6 Å². The first-order valence-electron chi connectivity index (χ1n) is 9.65. The van der Waals surface area contributed by atoms with E-state index in [9.17, 15) is 4.79 Å². The Morgan fingerprint density at radius 2 is 1.83 bits per heavy atom. The van der Waals surface area contributed by atoms with Crippen LogP contribution in [0.3, 0.4) is 0 Å². The summed E-state index contributed by atoms with van der Waals surface area (Å²) >= 11 is 8.39. The van der Waals surface area contributed by atoms with Crippen molar-refractivity contribution in [2.24, 2.45) is 0 Å². The molecular weight excluding hydrogens is 418 g/mol. The van der Waals surface area contributed by atoms with Gasteiger partial charge >= 0.3 is 0 Å². The van der Waals surface area contributed by atoms with Gasteiger partial charge in [0.1, 0.15) is 0 Å². The molecule has 0 unspecified atom stereocenters. The highest BCUT2D eigenvalue weighted by molar-refractivity contribution is 8.01. The molecular formula is C22H19N3OS3. The minimum atomic E-state index is 0.113. The van der Waals surface area contributed by atoms with Gasteiger partial charge in [0.15, 0.2) is 8.29 Å². The quantitative estimate of drug-likeness (QED) is 0.293. The van der Waals surface area contributed by atoms with E-state index < -0.39 is 0 Å². The standard InChI is InChI=1S/C22H19N3OS3/c26-20(14-28-21-23-25(22(27)29-21)15-8-2-1-3-9-15)24-18-12-6-4-10-16(18)17-11-5-7-13-19(17)24/h1-4,6,8-10,12H,5,7,11,13-14H2. The number of hydrogen-bond donors (Lipinski definition) is 0. The van der Waals surface area contributed by atoms with E-state index in [1.165, 1.54) is 46.2 Å². The maximum Gasteiger partial charge on any atom is 0.241 e. The van der Waals surface area contributed by atoms with Gasteiger partial charge in [0.25, 0.3) is 0 Å². The summed E-state index contributed by atoms with van der Waals surface area (Å²) in [6.45, 7) is 0. The molecule has 29 heavy (non-hydrogen) atoms. The Labute approximate surface area is 182 Å². The highest BCUT2D eigenvalue weighted by Crippen LogP contribution is 2.33. The summed E-state index contributed by atoms with van der Waals surface area (Å²) in [5.41, 5.74) is 4.53. The van der Waals surface area contributed by atoms with Crippen LogP contribution in [0.5, 0.6) is 0 Å².